The first-order chi connectivity index (χ1) is 12.9. The van der Waals surface area contributed by atoms with E-state index in [2.05, 4.69) is 0 Å². The molecule has 2 atom stereocenters. The number of halogens is 2. The molecule has 0 bridgehead atoms. The normalized spacial score (nSPS) is 24.9. The van der Waals surface area contributed by atoms with Gasteiger partial charge in [0.25, 0.3) is 0 Å². The highest BCUT2D eigenvalue weighted by Gasteiger charge is 2.46. The van der Waals surface area contributed by atoms with Gasteiger partial charge in [-0.15, -0.1) is 0 Å². The van der Waals surface area contributed by atoms with E-state index in [-0.39, 0.29) is 18.0 Å². The van der Waals surface area contributed by atoms with Crippen molar-refractivity contribution in [2.45, 2.75) is 59.1 Å². The number of carbonyl (C=O) groups is 2. The van der Waals surface area contributed by atoms with Crippen LogP contribution in [0.15, 0.2) is 12.1 Å². The molecule has 2 aliphatic rings. The number of ether oxygens (including phenoxy) is 1. The van der Waals surface area contributed by atoms with Crippen molar-refractivity contribution in [1.82, 2.24) is 9.80 Å². The number of nitrogens with zero attached hydrogens (tertiary/aromatic N) is 2. The predicted molar refractivity (Wildman–Crippen MR) is 111 cm³/mol. The summed E-state index contributed by atoms with van der Waals surface area (Å²) >= 11 is 12.6. The number of hydrogen-bond acceptors (Lipinski definition) is 3. The molecular formula is C21H28Cl2N2O3. The monoisotopic (exact) mass is 426 g/mol. The summed E-state index contributed by atoms with van der Waals surface area (Å²) in [6, 6.07) is 3.53. The second-order valence-electron chi connectivity index (χ2n) is 9.10. The molecular weight excluding hydrogens is 399 g/mol. The van der Waals surface area contributed by atoms with Gasteiger partial charge in [-0.05, 0) is 70.7 Å². The zero-order chi connectivity index (χ0) is 20.9. The molecule has 28 heavy (non-hydrogen) atoms. The van der Waals surface area contributed by atoms with Crippen molar-refractivity contribution in [3.63, 3.8) is 0 Å². The van der Waals surface area contributed by atoms with Gasteiger partial charge < -0.3 is 14.5 Å². The van der Waals surface area contributed by atoms with Gasteiger partial charge >= 0.3 is 6.09 Å². The summed E-state index contributed by atoms with van der Waals surface area (Å²) in [7, 11) is 0. The molecule has 5 nitrogen and oxygen atoms in total. The molecule has 2 aliphatic heterocycles. The van der Waals surface area contributed by atoms with E-state index >= 15 is 0 Å². The maximum atomic E-state index is 13.5. The molecule has 154 valence electrons. The summed E-state index contributed by atoms with van der Waals surface area (Å²) in [5.41, 5.74) is 0.891. The fourth-order valence-electron chi connectivity index (χ4n) is 4.15. The van der Waals surface area contributed by atoms with E-state index in [1.54, 1.807) is 11.0 Å². The lowest BCUT2D eigenvalue weighted by Crippen LogP contribution is -2.48. The topological polar surface area (TPSA) is 49.9 Å². The van der Waals surface area contributed by atoms with Crippen molar-refractivity contribution < 1.29 is 14.3 Å². The lowest BCUT2D eigenvalue weighted by Gasteiger charge is -2.40. The van der Waals surface area contributed by atoms with E-state index < -0.39 is 11.0 Å². The van der Waals surface area contributed by atoms with Crippen molar-refractivity contribution in [3.05, 3.63) is 33.3 Å². The molecule has 0 saturated carbocycles. The minimum Gasteiger partial charge on any atom is -0.444 e. The molecule has 2 heterocycles. The maximum absolute atomic E-state index is 13.5. The van der Waals surface area contributed by atoms with Crippen molar-refractivity contribution in [3.8, 4) is 0 Å². The highest BCUT2D eigenvalue weighted by molar-refractivity contribution is 6.35. The molecule has 7 heteroatoms. The Kier molecular flexibility index (Phi) is 5.63. The molecule has 1 aromatic carbocycles. The van der Waals surface area contributed by atoms with Gasteiger partial charge in [0.2, 0.25) is 5.91 Å². The van der Waals surface area contributed by atoms with Gasteiger partial charge in [-0.3, -0.25) is 4.79 Å². The van der Waals surface area contributed by atoms with Gasteiger partial charge in [0.05, 0.1) is 11.5 Å². The van der Waals surface area contributed by atoms with Crippen LogP contribution in [0.2, 0.25) is 10.0 Å². The van der Waals surface area contributed by atoms with Crippen LogP contribution in [-0.4, -0.2) is 47.0 Å². The first-order valence-corrected chi connectivity index (χ1v) is 10.4. The number of carbonyl (C=O) groups excluding carboxylic acids is 2. The third-order valence-corrected chi connectivity index (χ3v) is 6.12. The van der Waals surface area contributed by atoms with Crippen LogP contribution in [0, 0.1) is 5.41 Å². The first kappa shape index (κ1) is 21.3. The number of likely N-dealkylation sites (tertiary alicyclic amines) is 1. The largest absolute Gasteiger partial charge is 0.444 e. The van der Waals surface area contributed by atoms with Gasteiger partial charge in [-0.2, -0.15) is 0 Å². The quantitative estimate of drug-likeness (QED) is 0.628. The van der Waals surface area contributed by atoms with E-state index in [4.69, 9.17) is 27.9 Å². The Morgan fingerprint density at radius 3 is 2.54 bits per heavy atom. The highest BCUT2D eigenvalue weighted by Crippen LogP contribution is 2.41. The van der Waals surface area contributed by atoms with E-state index in [0.717, 1.165) is 17.5 Å². The van der Waals surface area contributed by atoms with Crippen LogP contribution in [0.1, 0.15) is 58.2 Å². The number of hydrogen-bond donors (Lipinski definition) is 0. The van der Waals surface area contributed by atoms with Gasteiger partial charge in [0.1, 0.15) is 5.60 Å². The lowest BCUT2D eigenvalue weighted by molar-refractivity contribution is -0.143. The van der Waals surface area contributed by atoms with E-state index in [9.17, 15) is 9.59 Å². The Hall–Kier alpha value is -1.46. The second-order valence-corrected chi connectivity index (χ2v) is 9.94. The van der Waals surface area contributed by atoms with E-state index in [0.29, 0.717) is 36.1 Å². The Morgan fingerprint density at radius 2 is 1.89 bits per heavy atom. The molecule has 0 aromatic heterocycles. The zero-order valence-electron chi connectivity index (χ0n) is 17.1. The predicted octanol–water partition coefficient (Wildman–Crippen LogP) is 5.09. The summed E-state index contributed by atoms with van der Waals surface area (Å²) in [6.45, 7) is 11.0. The van der Waals surface area contributed by atoms with Crippen LogP contribution < -0.4 is 0 Å². The molecule has 0 spiro atoms. The lowest BCUT2D eigenvalue weighted by atomic mass is 9.85. The molecule has 1 saturated heterocycles. The van der Waals surface area contributed by atoms with Crippen LogP contribution in [0.25, 0.3) is 0 Å². The molecule has 0 N–H and O–H groups in total. The molecule has 1 aromatic rings. The van der Waals surface area contributed by atoms with Gasteiger partial charge in [0.15, 0.2) is 0 Å². The Bertz CT molecular complexity index is 806. The van der Waals surface area contributed by atoms with E-state index in [1.807, 2.05) is 45.6 Å². The second kappa shape index (κ2) is 7.42. The smallest absolute Gasteiger partial charge is 0.410 e. The number of amides is 2. The maximum Gasteiger partial charge on any atom is 0.410 e. The minimum atomic E-state index is -0.623. The van der Waals surface area contributed by atoms with Crippen molar-refractivity contribution >= 4 is 35.2 Å². The average Bonchev–Trinajstić information content (AvgIpc) is 2.96. The Morgan fingerprint density at radius 1 is 1.21 bits per heavy atom. The third kappa shape index (κ3) is 4.11. The molecule has 2 amide bonds. The van der Waals surface area contributed by atoms with Gasteiger partial charge in [-0.25, -0.2) is 4.79 Å². The van der Waals surface area contributed by atoms with Gasteiger partial charge in [-0.1, -0.05) is 23.2 Å². The van der Waals surface area contributed by atoms with Crippen LogP contribution >= 0.6 is 23.2 Å². The van der Waals surface area contributed by atoms with Crippen LogP contribution in [0.3, 0.4) is 0 Å². The summed E-state index contributed by atoms with van der Waals surface area (Å²) in [5, 5.41) is 1.21. The first-order valence-electron chi connectivity index (χ1n) is 9.68. The van der Waals surface area contributed by atoms with Crippen LogP contribution in [0.5, 0.6) is 0 Å². The summed E-state index contributed by atoms with van der Waals surface area (Å²) in [4.78, 5) is 29.4. The fourth-order valence-corrected chi connectivity index (χ4v) is 4.84. The van der Waals surface area contributed by atoms with Crippen molar-refractivity contribution in [1.29, 1.82) is 0 Å². The minimum absolute atomic E-state index is 0.0581. The fraction of sp³-hybridized carbons (Fsp3) is 0.619. The van der Waals surface area contributed by atoms with Crippen LogP contribution in [-0.2, 0) is 16.0 Å². The Labute approximate surface area is 176 Å². The molecule has 1 unspecified atom stereocenters. The molecule has 0 radical (unpaired) electrons. The Balaban J connectivity index is 1.76. The number of fused-ring (bicyclic) bond motifs is 1. The van der Waals surface area contributed by atoms with Crippen molar-refractivity contribution in [2.75, 3.05) is 19.6 Å². The van der Waals surface area contributed by atoms with E-state index in [1.165, 1.54) is 0 Å². The zero-order valence-corrected chi connectivity index (χ0v) is 18.7. The summed E-state index contributed by atoms with van der Waals surface area (Å²) < 4.78 is 5.47. The van der Waals surface area contributed by atoms with Crippen LogP contribution in [0.4, 0.5) is 4.79 Å². The summed E-state index contributed by atoms with van der Waals surface area (Å²) in [5.74, 6) is 0.0581. The molecule has 3 rings (SSSR count). The summed E-state index contributed by atoms with van der Waals surface area (Å²) in [6.07, 6.45) is 0.978. The molecule has 0 aliphatic carbocycles. The van der Waals surface area contributed by atoms with Crippen molar-refractivity contribution in [2.24, 2.45) is 5.41 Å². The third-order valence-electron chi connectivity index (χ3n) is 5.59. The van der Waals surface area contributed by atoms with Gasteiger partial charge in [0, 0.05) is 29.7 Å². The molecule has 1 fully saturated rings. The standard InChI is InChI=1S/C21H28Cl2N2O3/c1-13-17-14(10-15(22)11-16(17)23)6-8-25(13)18(26)21(5)7-9-24(12-21)19(27)28-20(2,3)4/h10-11,13H,6-9,12H2,1-5H3/t13-,21?/m0/s1. The SMILES string of the molecule is C[C@H]1c2c(Cl)cc(Cl)cc2CCN1C(=O)C1(C)CCN(C(=O)OC(C)(C)C)C1. The number of benzene rings is 1. The number of rotatable bonds is 1. The highest BCUT2D eigenvalue weighted by atomic mass is 35.5. The average molecular weight is 427 g/mol.